The van der Waals surface area contributed by atoms with Gasteiger partial charge >= 0.3 is 0 Å². The van der Waals surface area contributed by atoms with Crippen LogP contribution in [0.2, 0.25) is 0 Å². The molecular weight excluding hydrogens is 282 g/mol. The molecule has 1 unspecified atom stereocenters. The van der Waals surface area contributed by atoms with Gasteiger partial charge in [0, 0.05) is 42.4 Å². The average Bonchev–Trinajstić information content (AvgIpc) is 2.77. The number of hydrogen-bond acceptors (Lipinski definition) is 3. The molecule has 0 aromatic carbocycles. The first-order valence-electron chi connectivity index (χ1n) is 7.82. The minimum absolute atomic E-state index is 0.175. The average molecular weight is 305 g/mol. The molecule has 2 aliphatic rings. The van der Waals surface area contributed by atoms with E-state index in [1.165, 1.54) is 12.8 Å². The van der Waals surface area contributed by atoms with Crippen LogP contribution >= 0.6 is 11.8 Å². The minimum atomic E-state index is 0.175. The Kier molecular flexibility index (Phi) is 4.68. The van der Waals surface area contributed by atoms with E-state index in [-0.39, 0.29) is 11.9 Å². The Morgan fingerprint density at radius 1 is 1.38 bits per heavy atom. The van der Waals surface area contributed by atoms with Crippen LogP contribution in [0, 0.1) is 0 Å². The highest BCUT2D eigenvalue weighted by atomic mass is 32.2. The van der Waals surface area contributed by atoms with Gasteiger partial charge in [0.25, 0.3) is 0 Å². The van der Waals surface area contributed by atoms with E-state index in [1.54, 1.807) is 0 Å². The van der Waals surface area contributed by atoms with Crippen LogP contribution in [0.15, 0.2) is 24.0 Å². The number of amides is 1. The maximum absolute atomic E-state index is 12.9. The zero-order valence-electron chi connectivity index (χ0n) is 12.6. The molecule has 1 aromatic rings. The maximum atomic E-state index is 12.9. The van der Waals surface area contributed by atoms with Gasteiger partial charge in [0.1, 0.15) is 0 Å². The third-order valence-corrected chi connectivity index (χ3v) is 5.34. The summed E-state index contributed by atoms with van der Waals surface area (Å²) in [5.74, 6) is 2.27. The molecule has 4 nitrogen and oxygen atoms in total. The Bertz CT molecular complexity index is 537. The zero-order chi connectivity index (χ0) is 14.7. The quantitative estimate of drug-likeness (QED) is 0.843. The molecule has 0 spiro atoms. The summed E-state index contributed by atoms with van der Waals surface area (Å²) in [6, 6.07) is 0.175. The number of hydrogen-bond donors (Lipinski definition) is 0. The van der Waals surface area contributed by atoms with E-state index < -0.39 is 0 Å². The molecule has 0 bridgehead atoms. The summed E-state index contributed by atoms with van der Waals surface area (Å²) in [5, 5.41) is 4.27. The predicted octanol–water partition coefficient (Wildman–Crippen LogP) is 2.93. The fourth-order valence-corrected chi connectivity index (χ4v) is 4.22. The fraction of sp³-hybridized carbons (Fsp3) is 0.625. The third-order valence-electron chi connectivity index (χ3n) is 4.31. The van der Waals surface area contributed by atoms with E-state index in [4.69, 9.17) is 0 Å². The second-order valence-electron chi connectivity index (χ2n) is 5.87. The Morgan fingerprint density at radius 2 is 2.29 bits per heavy atom. The van der Waals surface area contributed by atoms with E-state index in [1.807, 2.05) is 35.9 Å². The normalized spacial score (nSPS) is 23.6. The topological polar surface area (TPSA) is 38.1 Å². The number of aryl methyl sites for hydroxylation is 1. The van der Waals surface area contributed by atoms with Crippen molar-refractivity contribution in [2.45, 2.75) is 38.1 Å². The Balaban J connectivity index is 1.80. The van der Waals surface area contributed by atoms with E-state index in [0.29, 0.717) is 0 Å². The minimum Gasteiger partial charge on any atom is -0.330 e. The summed E-state index contributed by atoms with van der Waals surface area (Å²) < 4.78 is 1.82. The SMILES string of the molecule is Cn1cc(C2CSCCN2C(=O)C2=CCCCCC2)cn1. The van der Waals surface area contributed by atoms with Crippen molar-refractivity contribution in [3.63, 3.8) is 0 Å². The smallest absolute Gasteiger partial charge is 0.250 e. The van der Waals surface area contributed by atoms with Crippen LogP contribution in [-0.4, -0.2) is 38.6 Å². The molecular formula is C16H23N3OS. The standard InChI is InChI=1S/C16H23N3OS/c1-18-11-14(10-17-18)15-12-21-9-8-19(15)16(20)13-6-4-2-3-5-7-13/h6,10-11,15H,2-5,7-9,12H2,1H3. The molecule has 2 heterocycles. The van der Waals surface area contributed by atoms with Crippen molar-refractivity contribution in [2.24, 2.45) is 7.05 Å². The second-order valence-corrected chi connectivity index (χ2v) is 7.02. The van der Waals surface area contributed by atoms with Gasteiger partial charge in [-0.05, 0) is 25.7 Å². The van der Waals surface area contributed by atoms with Gasteiger partial charge < -0.3 is 4.90 Å². The van der Waals surface area contributed by atoms with Crippen LogP contribution < -0.4 is 0 Å². The Labute approximate surface area is 130 Å². The van der Waals surface area contributed by atoms with Crippen molar-refractivity contribution in [2.75, 3.05) is 18.1 Å². The lowest BCUT2D eigenvalue weighted by Gasteiger charge is -2.35. The first-order chi connectivity index (χ1) is 10.3. The zero-order valence-corrected chi connectivity index (χ0v) is 13.4. The summed E-state index contributed by atoms with van der Waals surface area (Å²) in [5.41, 5.74) is 2.19. The van der Waals surface area contributed by atoms with Crippen LogP contribution in [0.4, 0.5) is 0 Å². The van der Waals surface area contributed by atoms with Crippen molar-refractivity contribution >= 4 is 17.7 Å². The lowest BCUT2D eigenvalue weighted by atomic mass is 10.1. The molecule has 5 heteroatoms. The van der Waals surface area contributed by atoms with Crippen molar-refractivity contribution in [3.8, 4) is 0 Å². The third kappa shape index (κ3) is 3.34. The van der Waals surface area contributed by atoms with Crippen LogP contribution in [0.3, 0.4) is 0 Å². The van der Waals surface area contributed by atoms with Gasteiger partial charge in [-0.1, -0.05) is 12.5 Å². The molecule has 1 aromatic heterocycles. The highest BCUT2D eigenvalue weighted by Gasteiger charge is 2.30. The Morgan fingerprint density at radius 3 is 3.10 bits per heavy atom. The summed E-state index contributed by atoms with van der Waals surface area (Å²) in [6.45, 7) is 0.848. The van der Waals surface area contributed by atoms with Gasteiger partial charge in [-0.25, -0.2) is 0 Å². The molecule has 1 aliphatic carbocycles. The fourth-order valence-electron chi connectivity index (χ4n) is 3.13. The van der Waals surface area contributed by atoms with E-state index in [9.17, 15) is 4.79 Å². The lowest BCUT2D eigenvalue weighted by Crippen LogP contribution is -2.41. The highest BCUT2D eigenvalue weighted by Crippen LogP contribution is 2.31. The van der Waals surface area contributed by atoms with Gasteiger partial charge in [0.05, 0.1) is 12.2 Å². The number of aromatic nitrogens is 2. The molecule has 1 fully saturated rings. The number of rotatable bonds is 2. The van der Waals surface area contributed by atoms with Gasteiger partial charge in [-0.15, -0.1) is 0 Å². The first-order valence-corrected chi connectivity index (χ1v) is 8.97. The van der Waals surface area contributed by atoms with E-state index in [0.717, 1.165) is 48.4 Å². The molecule has 1 aliphatic heterocycles. The number of nitrogens with zero attached hydrogens (tertiary/aromatic N) is 3. The number of thioether (sulfide) groups is 1. The molecule has 114 valence electrons. The number of allylic oxidation sites excluding steroid dienone is 1. The van der Waals surface area contributed by atoms with Gasteiger partial charge in [0.15, 0.2) is 0 Å². The molecule has 1 atom stereocenters. The summed E-state index contributed by atoms with van der Waals surface area (Å²) in [4.78, 5) is 15.0. The van der Waals surface area contributed by atoms with Gasteiger partial charge in [0.2, 0.25) is 5.91 Å². The highest BCUT2D eigenvalue weighted by molar-refractivity contribution is 7.99. The summed E-state index contributed by atoms with van der Waals surface area (Å²) in [6.07, 6.45) is 11.7. The van der Waals surface area contributed by atoms with Crippen molar-refractivity contribution in [1.82, 2.24) is 14.7 Å². The van der Waals surface area contributed by atoms with Crippen molar-refractivity contribution in [3.05, 3.63) is 29.6 Å². The Hall–Kier alpha value is -1.23. The van der Waals surface area contributed by atoms with Crippen LogP contribution in [0.5, 0.6) is 0 Å². The lowest BCUT2D eigenvalue weighted by molar-refractivity contribution is -0.129. The van der Waals surface area contributed by atoms with Gasteiger partial charge in [-0.2, -0.15) is 16.9 Å². The predicted molar refractivity (Wildman–Crippen MR) is 86.2 cm³/mol. The largest absolute Gasteiger partial charge is 0.330 e. The molecule has 1 amide bonds. The summed E-state index contributed by atoms with van der Waals surface area (Å²) >= 11 is 1.93. The molecule has 0 saturated carbocycles. The van der Waals surface area contributed by atoms with Crippen LogP contribution in [0.25, 0.3) is 0 Å². The van der Waals surface area contributed by atoms with E-state index >= 15 is 0 Å². The van der Waals surface area contributed by atoms with Crippen molar-refractivity contribution in [1.29, 1.82) is 0 Å². The van der Waals surface area contributed by atoms with Gasteiger partial charge in [-0.3, -0.25) is 9.48 Å². The summed E-state index contributed by atoms with van der Waals surface area (Å²) in [7, 11) is 1.93. The number of carbonyl (C=O) groups is 1. The first kappa shape index (κ1) is 14.7. The van der Waals surface area contributed by atoms with Crippen LogP contribution in [0.1, 0.15) is 43.7 Å². The molecule has 1 saturated heterocycles. The molecule has 3 rings (SSSR count). The monoisotopic (exact) mass is 305 g/mol. The maximum Gasteiger partial charge on any atom is 0.250 e. The molecule has 21 heavy (non-hydrogen) atoms. The van der Waals surface area contributed by atoms with Crippen molar-refractivity contribution < 1.29 is 4.79 Å². The van der Waals surface area contributed by atoms with Crippen LogP contribution in [-0.2, 0) is 11.8 Å². The number of carbonyl (C=O) groups excluding carboxylic acids is 1. The second kappa shape index (κ2) is 6.69. The molecule has 0 radical (unpaired) electrons. The van der Waals surface area contributed by atoms with E-state index in [2.05, 4.69) is 16.1 Å². The molecule has 0 N–H and O–H groups in total.